The minimum atomic E-state index is -0.487. The molecule has 0 fully saturated rings. The molecule has 4 aromatic carbocycles. The molecule has 1 heterocycles. The molecule has 0 radical (unpaired) electrons. The SMILES string of the molecule is C[C@@H]1CN([C@@H](C)CO)C(=O)c2cc(NC(=O)Nc3cccc4ccccc34)ccc2O[C@@H](C)CCCCO[C@H]1CN(C)Cc1ccc(Cl)c(Cl)c1. The molecule has 9 nitrogen and oxygen atoms in total. The topological polar surface area (TPSA) is 103 Å². The van der Waals surface area contributed by atoms with Crippen LogP contribution in [0.1, 0.15) is 56.0 Å². The number of urea groups is 1. The average molecular weight is 736 g/mol. The molecular formula is C40H48Cl2N4O5. The Kier molecular flexibility index (Phi) is 13.6. The van der Waals surface area contributed by atoms with Gasteiger partial charge in [-0.15, -0.1) is 0 Å². The molecule has 11 heteroatoms. The van der Waals surface area contributed by atoms with Crippen LogP contribution in [0.2, 0.25) is 10.0 Å². The monoisotopic (exact) mass is 734 g/mol. The molecule has 1 aliphatic heterocycles. The molecule has 272 valence electrons. The highest BCUT2D eigenvalue weighted by molar-refractivity contribution is 6.42. The number of carbonyl (C=O) groups excluding carboxylic acids is 2. The number of anilines is 2. The van der Waals surface area contributed by atoms with Crippen LogP contribution in [0.25, 0.3) is 10.8 Å². The fraction of sp³-hybridized carbons (Fsp3) is 0.400. The summed E-state index contributed by atoms with van der Waals surface area (Å²) in [7, 11) is 2.03. The number of rotatable bonds is 8. The van der Waals surface area contributed by atoms with E-state index >= 15 is 0 Å². The van der Waals surface area contributed by atoms with Crippen LogP contribution < -0.4 is 15.4 Å². The average Bonchev–Trinajstić information content (AvgIpc) is 3.11. The molecular weight excluding hydrogens is 687 g/mol. The van der Waals surface area contributed by atoms with Crippen molar-refractivity contribution < 1.29 is 24.2 Å². The van der Waals surface area contributed by atoms with E-state index in [1.807, 2.05) is 75.5 Å². The summed E-state index contributed by atoms with van der Waals surface area (Å²) in [5.74, 6) is 0.0448. The minimum absolute atomic E-state index is 0.0850. The van der Waals surface area contributed by atoms with Gasteiger partial charge in [0.2, 0.25) is 0 Å². The van der Waals surface area contributed by atoms with Crippen molar-refractivity contribution in [3.63, 3.8) is 0 Å². The van der Waals surface area contributed by atoms with Crippen molar-refractivity contribution in [2.75, 3.05) is 44.0 Å². The highest BCUT2D eigenvalue weighted by Crippen LogP contribution is 2.30. The van der Waals surface area contributed by atoms with E-state index in [1.165, 1.54) is 0 Å². The van der Waals surface area contributed by atoms with Gasteiger partial charge in [0.1, 0.15) is 5.75 Å². The first-order valence-electron chi connectivity index (χ1n) is 17.5. The van der Waals surface area contributed by atoms with Crippen molar-refractivity contribution in [1.29, 1.82) is 0 Å². The van der Waals surface area contributed by atoms with Crippen LogP contribution in [-0.4, -0.2) is 78.4 Å². The second-order valence-corrected chi connectivity index (χ2v) is 14.4. The standard InChI is InChI=1S/C40H48Cl2N4O5/c1-26-22-46(27(2)25-47)39(48)33-21-31(43-40(49)44-36-14-9-12-30-11-5-6-13-32(30)36)16-18-37(33)51-28(3)10-7-8-19-50-38(26)24-45(4)23-29-15-17-34(41)35(42)20-29/h5-6,9,11-18,20-21,26-28,38,47H,7-8,10,19,22-25H2,1-4H3,(H2,43,44,49)/t26-,27+,28+,38+/m1/s1. The number of aliphatic hydroxyl groups is 1. The fourth-order valence-electron chi connectivity index (χ4n) is 6.40. The quantitative estimate of drug-likeness (QED) is 0.167. The van der Waals surface area contributed by atoms with Crippen molar-refractivity contribution in [1.82, 2.24) is 9.80 Å². The Morgan fingerprint density at radius 2 is 1.78 bits per heavy atom. The maximum atomic E-state index is 14.5. The van der Waals surface area contributed by atoms with Crippen LogP contribution in [0.15, 0.2) is 78.9 Å². The number of carbonyl (C=O) groups is 2. The summed E-state index contributed by atoms with van der Waals surface area (Å²) in [6, 6.07) is 23.4. The molecule has 4 aromatic rings. The molecule has 0 aromatic heterocycles. The van der Waals surface area contributed by atoms with Crippen molar-refractivity contribution in [3.8, 4) is 5.75 Å². The maximum absolute atomic E-state index is 14.5. The second-order valence-electron chi connectivity index (χ2n) is 13.6. The van der Waals surface area contributed by atoms with Gasteiger partial charge >= 0.3 is 6.03 Å². The Balaban J connectivity index is 1.38. The molecule has 51 heavy (non-hydrogen) atoms. The van der Waals surface area contributed by atoms with E-state index in [9.17, 15) is 14.7 Å². The van der Waals surface area contributed by atoms with Crippen LogP contribution >= 0.6 is 23.2 Å². The molecule has 0 spiro atoms. The third-order valence-electron chi connectivity index (χ3n) is 9.28. The number of nitrogens with one attached hydrogen (secondary N) is 2. The van der Waals surface area contributed by atoms with Gasteiger partial charge in [-0.05, 0) is 87.5 Å². The van der Waals surface area contributed by atoms with Gasteiger partial charge in [0.25, 0.3) is 5.91 Å². The van der Waals surface area contributed by atoms with Crippen LogP contribution in [0, 0.1) is 5.92 Å². The van der Waals surface area contributed by atoms with Gasteiger partial charge in [0.05, 0.1) is 46.2 Å². The number of nitrogens with zero attached hydrogens (tertiary/aromatic N) is 2. The fourth-order valence-corrected chi connectivity index (χ4v) is 6.72. The summed E-state index contributed by atoms with van der Waals surface area (Å²) in [5.41, 5.74) is 2.45. The van der Waals surface area contributed by atoms with Crippen molar-refractivity contribution >= 4 is 57.3 Å². The molecule has 4 atom stereocenters. The number of fused-ring (bicyclic) bond motifs is 2. The van der Waals surface area contributed by atoms with Gasteiger partial charge in [-0.2, -0.15) is 0 Å². The molecule has 0 bridgehead atoms. The van der Waals surface area contributed by atoms with Gasteiger partial charge in [-0.1, -0.05) is 72.6 Å². The Bertz CT molecular complexity index is 1800. The lowest BCUT2D eigenvalue weighted by Crippen LogP contribution is -2.47. The van der Waals surface area contributed by atoms with Crippen molar-refractivity contribution in [3.05, 3.63) is 100 Å². The van der Waals surface area contributed by atoms with Crippen LogP contribution in [0.5, 0.6) is 5.75 Å². The Labute approximate surface area is 310 Å². The summed E-state index contributed by atoms with van der Waals surface area (Å²) in [6.07, 6.45) is 2.18. The zero-order chi connectivity index (χ0) is 36.5. The van der Waals surface area contributed by atoms with E-state index in [-0.39, 0.29) is 30.6 Å². The zero-order valence-electron chi connectivity index (χ0n) is 29.7. The van der Waals surface area contributed by atoms with E-state index in [2.05, 4.69) is 22.5 Å². The first kappa shape index (κ1) is 38.4. The largest absolute Gasteiger partial charge is 0.490 e. The molecule has 3 amide bonds. The van der Waals surface area contributed by atoms with E-state index in [0.29, 0.717) is 59.0 Å². The lowest BCUT2D eigenvalue weighted by atomic mass is 10.0. The summed E-state index contributed by atoms with van der Waals surface area (Å²) >= 11 is 12.4. The Morgan fingerprint density at radius 1 is 1.00 bits per heavy atom. The Morgan fingerprint density at radius 3 is 2.57 bits per heavy atom. The van der Waals surface area contributed by atoms with Crippen LogP contribution in [0.3, 0.4) is 0 Å². The summed E-state index contributed by atoms with van der Waals surface area (Å²) in [6.45, 7) is 7.84. The summed E-state index contributed by atoms with van der Waals surface area (Å²) in [4.78, 5) is 31.6. The number of likely N-dealkylation sites (N-methyl/N-ethyl adjacent to an activating group) is 1. The predicted molar refractivity (Wildman–Crippen MR) is 206 cm³/mol. The number of benzene rings is 4. The van der Waals surface area contributed by atoms with Gasteiger partial charge in [0.15, 0.2) is 0 Å². The first-order chi connectivity index (χ1) is 24.5. The third-order valence-corrected chi connectivity index (χ3v) is 10.0. The number of hydrogen-bond donors (Lipinski definition) is 3. The van der Waals surface area contributed by atoms with Gasteiger partial charge in [-0.3, -0.25) is 9.69 Å². The predicted octanol–water partition coefficient (Wildman–Crippen LogP) is 8.72. The number of amides is 3. The van der Waals surface area contributed by atoms with Crippen molar-refractivity contribution in [2.45, 2.75) is 64.8 Å². The maximum Gasteiger partial charge on any atom is 0.323 e. The molecule has 0 saturated heterocycles. The summed E-state index contributed by atoms with van der Waals surface area (Å²) < 4.78 is 12.9. The molecule has 0 unspecified atom stereocenters. The summed E-state index contributed by atoms with van der Waals surface area (Å²) in [5, 5.41) is 19.1. The number of hydrogen-bond acceptors (Lipinski definition) is 6. The van der Waals surface area contributed by atoms with E-state index in [1.54, 1.807) is 29.2 Å². The first-order valence-corrected chi connectivity index (χ1v) is 18.3. The van der Waals surface area contributed by atoms with Crippen LogP contribution in [-0.2, 0) is 11.3 Å². The third kappa shape index (κ3) is 10.4. The number of aliphatic hydroxyl groups excluding tert-OH is 1. The molecule has 0 aliphatic carbocycles. The number of ether oxygens (including phenoxy) is 2. The lowest BCUT2D eigenvalue weighted by Gasteiger charge is -2.36. The Hall–Kier alpha value is -3.86. The second kappa shape index (κ2) is 18.1. The van der Waals surface area contributed by atoms with Crippen LogP contribution in [0.4, 0.5) is 16.2 Å². The zero-order valence-corrected chi connectivity index (χ0v) is 31.2. The van der Waals surface area contributed by atoms with E-state index in [0.717, 1.165) is 35.6 Å². The highest BCUT2D eigenvalue weighted by Gasteiger charge is 2.30. The highest BCUT2D eigenvalue weighted by atomic mass is 35.5. The molecule has 0 saturated carbocycles. The molecule has 3 N–H and O–H groups in total. The van der Waals surface area contributed by atoms with E-state index in [4.69, 9.17) is 32.7 Å². The normalized spacial score (nSPS) is 19.6. The van der Waals surface area contributed by atoms with Gasteiger partial charge < -0.3 is 30.1 Å². The number of halogens is 2. The van der Waals surface area contributed by atoms with Gasteiger partial charge in [-0.25, -0.2) is 4.79 Å². The molecule has 1 aliphatic rings. The minimum Gasteiger partial charge on any atom is -0.490 e. The lowest BCUT2D eigenvalue weighted by molar-refractivity contribution is -0.0177. The van der Waals surface area contributed by atoms with E-state index < -0.39 is 12.1 Å². The van der Waals surface area contributed by atoms with Gasteiger partial charge in [0, 0.05) is 43.2 Å². The van der Waals surface area contributed by atoms with Crippen molar-refractivity contribution in [2.24, 2.45) is 5.92 Å². The molecule has 5 rings (SSSR count). The smallest absolute Gasteiger partial charge is 0.323 e.